The van der Waals surface area contributed by atoms with Crippen LogP contribution in [0.15, 0.2) is 5.38 Å². The first-order chi connectivity index (χ1) is 8.34. The van der Waals surface area contributed by atoms with Gasteiger partial charge in [0.15, 0.2) is 5.69 Å². The highest BCUT2D eigenvalue weighted by Crippen LogP contribution is 2.09. The largest absolute Gasteiger partial charge is 0.476 e. The number of methoxy groups -OCH3 is 1. The van der Waals surface area contributed by atoms with Gasteiger partial charge in [-0.1, -0.05) is 0 Å². The molecule has 1 amide bonds. The molecule has 0 saturated carbocycles. The second-order valence-corrected chi connectivity index (χ2v) is 5.29. The summed E-state index contributed by atoms with van der Waals surface area (Å²) in [5.74, 6) is -1.20. The number of hydrogen-bond donors (Lipinski definition) is 3. The second kappa shape index (κ2) is 5.75. The number of nitrogens with zero attached hydrogens (tertiary/aromatic N) is 1. The summed E-state index contributed by atoms with van der Waals surface area (Å²) in [6.45, 7) is -0.232. The van der Waals surface area contributed by atoms with Crippen LogP contribution in [0.25, 0.3) is 0 Å². The van der Waals surface area contributed by atoms with E-state index in [1.165, 1.54) is 5.38 Å². The van der Waals surface area contributed by atoms with Crippen molar-refractivity contribution in [2.45, 2.75) is 6.54 Å². The zero-order chi connectivity index (χ0) is 13.8. The van der Waals surface area contributed by atoms with Crippen molar-refractivity contribution in [1.29, 1.82) is 0 Å². The molecule has 0 aliphatic carbocycles. The van der Waals surface area contributed by atoms with Gasteiger partial charge in [-0.25, -0.2) is 19.3 Å². The number of ether oxygens (including phenoxy) is 1. The van der Waals surface area contributed by atoms with E-state index in [9.17, 15) is 18.0 Å². The minimum absolute atomic E-state index is 0.171. The Labute approximate surface area is 106 Å². The van der Waals surface area contributed by atoms with E-state index in [1.807, 2.05) is 4.72 Å². The molecule has 0 aliphatic rings. The highest BCUT2D eigenvalue weighted by Gasteiger charge is 2.15. The molecule has 11 heteroatoms. The van der Waals surface area contributed by atoms with Crippen molar-refractivity contribution >= 4 is 33.6 Å². The van der Waals surface area contributed by atoms with Gasteiger partial charge in [-0.2, -0.15) is 13.1 Å². The Morgan fingerprint density at radius 1 is 1.56 bits per heavy atom. The van der Waals surface area contributed by atoms with Crippen LogP contribution in [0.4, 0.5) is 4.79 Å². The van der Waals surface area contributed by atoms with Crippen LogP contribution in [-0.4, -0.2) is 37.7 Å². The molecule has 0 aliphatic heterocycles. The molecule has 1 heterocycles. The van der Waals surface area contributed by atoms with Gasteiger partial charge in [0.25, 0.3) is 0 Å². The van der Waals surface area contributed by atoms with Gasteiger partial charge >= 0.3 is 22.3 Å². The Bertz CT molecular complexity index is 551. The Morgan fingerprint density at radius 2 is 2.22 bits per heavy atom. The second-order valence-electron chi connectivity index (χ2n) is 2.85. The number of aromatic carboxylic acids is 1. The van der Waals surface area contributed by atoms with Crippen molar-refractivity contribution in [2.75, 3.05) is 7.11 Å². The lowest BCUT2D eigenvalue weighted by molar-refractivity contribution is 0.0691. The predicted octanol–water partition coefficient (Wildman–Crippen LogP) is -0.468. The first-order valence-corrected chi connectivity index (χ1v) is 6.73. The Morgan fingerprint density at radius 3 is 2.72 bits per heavy atom. The van der Waals surface area contributed by atoms with Gasteiger partial charge in [0.2, 0.25) is 0 Å². The van der Waals surface area contributed by atoms with Gasteiger partial charge in [-0.15, -0.1) is 11.3 Å². The predicted molar refractivity (Wildman–Crippen MR) is 60.4 cm³/mol. The summed E-state index contributed by atoms with van der Waals surface area (Å²) in [5, 5.41) is 10.1. The maximum absolute atomic E-state index is 11.3. The van der Waals surface area contributed by atoms with Gasteiger partial charge in [-0.3, -0.25) is 0 Å². The van der Waals surface area contributed by atoms with E-state index in [2.05, 4.69) is 9.72 Å². The highest BCUT2D eigenvalue weighted by molar-refractivity contribution is 7.88. The standard InChI is InChI=1S/C7H9N3O6S2/c1-16-7(13)10-18(14,15)8-2-5-9-4(3-17-5)6(11)12/h3,8H,2H2,1H3,(H,10,13)(H,11,12). The first kappa shape index (κ1) is 14.3. The number of carboxylic acid groups (broad SMARTS) is 1. The van der Waals surface area contributed by atoms with Crippen LogP contribution < -0.4 is 9.44 Å². The lowest BCUT2D eigenvalue weighted by Crippen LogP contribution is -2.39. The quantitative estimate of drug-likeness (QED) is 0.668. The SMILES string of the molecule is COC(=O)NS(=O)(=O)NCc1nc(C(=O)O)cs1. The number of aromatic nitrogens is 1. The Balaban J connectivity index is 2.58. The molecule has 0 saturated heterocycles. The Kier molecular flexibility index (Phi) is 4.58. The van der Waals surface area contributed by atoms with Crippen molar-refractivity contribution in [3.8, 4) is 0 Å². The molecule has 0 fully saturated rings. The van der Waals surface area contributed by atoms with Crippen LogP contribution in [0, 0.1) is 0 Å². The highest BCUT2D eigenvalue weighted by atomic mass is 32.2. The summed E-state index contributed by atoms with van der Waals surface area (Å²) in [5.41, 5.74) is -0.171. The molecule has 0 aromatic carbocycles. The van der Waals surface area contributed by atoms with E-state index in [1.54, 1.807) is 4.72 Å². The van der Waals surface area contributed by atoms with Gasteiger partial charge in [0, 0.05) is 5.38 Å². The number of hydrogen-bond acceptors (Lipinski definition) is 7. The lowest BCUT2D eigenvalue weighted by atomic mass is 10.5. The van der Waals surface area contributed by atoms with Crippen LogP contribution >= 0.6 is 11.3 Å². The van der Waals surface area contributed by atoms with Crippen molar-refractivity contribution in [1.82, 2.24) is 14.4 Å². The number of thiazole rings is 1. The van der Waals surface area contributed by atoms with E-state index >= 15 is 0 Å². The normalized spacial score (nSPS) is 10.9. The minimum Gasteiger partial charge on any atom is -0.476 e. The van der Waals surface area contributed by atoms with E-state index in [-0.39, 0.29) is 17.2 Å². The average Bonchev–Trinajstić information content (AvgIpc) is 2.74. The molecule has 0 unspecified atom stereocenters. The van der Waals surface area contributed by atoms with E-state index in [0.29, 0.717) is 0 Å². The molecule has 3 N–H and O–H groups in total. The van der Waals surface area contributed by atoms with Gasteiger partial charge in [0.1, 0.15) is 5.01 Å². The van der Waals surface area contributed by atoms with Gasteiger partial charge in [0.05, 0.1) is 13.7 Å². The molecule has 9 nitrogen and oxygen atoms in total. The maximum Gasteiger partial charge on any atom is 0.421 e. The molecule has 0 bridgehead atoms. The van der Waals surface area contributed by atoms with Crippen molar-refractivity contribution in [3.05, 3.63) is 16.1 Å². The average molecular weight is 295 g/mol. The van der Waals surface area contributed by atoms with Crippen molar-refractivity contribution in [2.24, 2.45) is 0 Å². The van der Waals surface area contributed by atoms with Crippen molar-refractivity contribution < 1.29 is 27.9 Å². The third-order valence-corrected chi connectivity index (χ3v) is 3.40. The molecule has 0 radical (unpaired) electrons. The summed E-state index contributed by atoms with van der Waals surface area (Å²) in [7, 11) is -3.04. The number of rotatable bonds is 5. The van der Waals surface area contributed by atoms with Crippen LogP contribution in [0.2, 0.25) is 0 Å². The Hall–Kier alpha value is -1.72. The zero-order valence-electron chi connectivity index (χ0n) is 9.04. The topological polar surface area (TPSA) is 135 Å². The molecule has 0 spiro atoms. The number of carbonyl (C=O) groups is 2. The van der Waals surface area contributed by atoms with Crippen LogP contribution in [0.3, 0.4) is 0 Å². The zero-order valence-corrected chi connectivity index (χ0v) is 10.7. The minimum atomic E-state index is -4.06. The summed E-state index contributed by atoms with van der Waals surface area (Å²) in [6, 6.07) is 0. The summed E-state index contributed by atoms with van der Waals surface area (Å²) >= 11 is 0.980. The monoisotopic (exact) mass is 295 g/mol. The summed E-state index contributed by atoms with van der Waals surface area (Å²) in [4.78, 5) is 24.9. The molecule has 100 valence electrons. The molecule has 18 heavy (non-hydrogen) atoms. The molecule has 0 atom stereocenters. The third-order valence-electron chi connectivity index (χ3n) is 1.59. The fraction of sp³-hybridized carbons (Fsp3) is 0.286. The van der Waals surface area contributed by atoms with E-state index in [4.69, 9.17) is 5.11 Å². The number of carbonyl (C=O) groups excluding carboxylic acids is 1. The first-order valence-electron chi connectivity index (χ1n) is 4.37. The number of amides is 1. The summed E-state index contributed by atoms with van der Waals surface area (Å²) < 4.78 is 30.2. The maximum atomic E-state index is 11.3. The molecule has 1 rings (SSSR count). The lowest BCUT2D eigenvalue weighted by Gasteiger charge is -2.05. The fourth-order valence-corrected chi connectivity index (χ4v) is 2.34. The number of nitrogens with one attached hydrogen (secondary N) is 2. The van der Waals surface area contributed by atoms with Crippen molar-refractivity contribution in [3.63, 3.8) is 0 Å². The molecule has 1 aromatic heterocycles. The molecular weight excluding hydrogens is 286 g/mol. The molecule has 1 aromatic rings. The number of carboxylic acids is 1. The van der Waals surface area contributed by atoms with Crippen LogP contribution in [0.5, 0.6) is 0 Å². The summed E-state index contributed by atoms with van der Waals surface area (Å²) in [6.07, 6.45) is -1.13. The van der Waals surface area contributed by atoms with E-state index in [0.717, 1.165) is 18.4 Å². The molecular formula is C7H9N3O6S2. The van der Waals surface area contributed by atoms with E-state index < -0.39 is 22.3 Å². The van der Waals surface area contributed by atoms with Gasteiger partial charge < -0.3 is 9.84 Å². The van der Waals surface area contributed by atoms with Crippen LogP contribution in [0.1, 0.15) is 15.5 Å². The fourth-order valence-electron chi connectivity index (χ4n) is 0.835. The van der Waals surface area contributed by atoms with Gasteiger partial charge in [-0.05, 0) is 0 Å². The van der Waals surface area contributed by atoms with Crippen LogP contribution in [-0.2, 0) is 21.5 Å². The smallest absolute Gasteiger partial charge is 0.421 e. The third kappa shape index (κ3) is 4.27.